The lowest BCUT2D eigenvalue weighted by atomic mass is 10.0. The second kappa shape index (κ2) is 11.5. The first-order chi connectivity index (χ1) is 15.7. The Kier molecular flexibility index (Phi) is 8.93. The van der Waals surface area contributed by atoms with Crippen LogP contribution in [0.2, 0.25) is 0 Å². The van der Waals surface area contributed by atoms with Crippen LogP contribution in [0.4, 0.5) is 0 Å². The third-order valence-electron chi connectivity index (χ3n) is 5.89. The van der Waals surface area contributed by atoms with Crippen LogP contribution in [0.25, 0.3) is 0 Å². The van der Waals surface area contributed by atoms with Crippen molar-refractivity contribution in [3.8, 4) is 5.75 Å². The van der Waals surface area contributed by atoms with Gasteiger partial charge in [-0.05, 0) is 69.3 Å². The number of aliphatic hydroxyl groups is 1. The molecule has 1 aliphatic heterocycles. The van der Waals surface area contributed by atoms with Crippen molar-refractivity contribution in [1.29, 1.82) is 0 Å². The van der Waals surface area contributed by atoms with Crippen LogP contribution >= 0.6 is 11.3 Å². The number of amides is 1. The molecule has 3 rings (SSSR count). The number of nitrogens with zero attached hydrogens (tertiary/aromatic N) is 2. The minimum absolute atomic E-state index is 0.0658. The van der Waals surface area contributed by atoms with Gasteiger partial charge in [0.1, 0.15) is 12.4 Å². The summed E-state index contributed by atoms with van der Waals surface area (Å²) in [6, 6.07) is 9.98. The summed E-state index contributed by atoms with van der Waals surface area (Å²) in [6.07, 6.45) is 0.232. The van der Waals surface area contributed by atoms with Crippen molar-refractivity contribution in [2.75, 3.05) is 39.4 Å². The van der Waals surface area contributed by atoms with E-state index in [0.29, 0.717) is 26.2 Å². The number of thiophene rings is 1. The second-order valence-electron chi connectivity index (χ2n) is 9.63. The second-order valence-corrected chi connectivity index (χ2v) is 10.6. The van der Waals surface area contributed by atoms with Crippen LogP contribution in [-0.2, 0) is 16.0 Å². The molecule has 0 aliphatic carbocycles. The molecule has 0 saturated carbocycles. The topological polar surface area (TPSA) is 62.2 Å². The fraction of sp³-hybridized carbons (Fsp3) is 0.577. The van der Waals surface area contributed by atoms with Crippen molar-refractivity contribution < 1.29 is 19.4 Å². The van der Waals surface area contributed by atoms with Gasteiger partial charge in [-0.2, -0.15) is 0 Å². The molecule has 1 amide bonds. The van der Waals surface area contributed by atoms with E-state index in [4.69, 9.17) is 9.47 Å². The average molecular weight is 475 g/mol. The molecule has 0 saturated heterocycles. The predicted octanol–water partition coefficient (Wildman–Crippen LogP) is 4.06. The maximum absolute atomic E-state index is 13.4. The van der Waals surface area contributed by atoms with Crippen molar-refractivity contribution in [2.45, 2.75) is 58.8 Å². The molecule has 1 aromatic heterocycles. The van der Waals surface area contributed by atoms with Gasteiger partial charge < -0.3 is 19.5 Å². The Balaban J connectivity index is 1.66. The fourth-order valence-electron chi connectivity index (χ4n) is 4.05. The van der Waals surface area contributed by atoms with Gasteiger partial charge in [0.2, 0.25) is 5.91 Å². The molecule has 6 nitrogen and oxygen atoms in total. The highest BCUT2D eigenvalue weighted by atomic mass is 32.1. The van der Waals surface area contributed by atoms with Crippen LogP contribution in [0.5, 0.6) is 5.75 Å². The molecular weight excluding hydrogens is 436 g/mol. The number of carbonyl (C=O) groups excluding carboxylic acids is 1. The predicted molar refractivity (Wildman–Crippen MR) is 133 cm³/mol. The van der Waals surface area contributed by atoms with E-state index >= 15 is 0 Å². The summed E-state index contributed by atoms with van der Waals surface area (Å²) in [5.74, 6) is 0.917. The quantitative estimate of drug-likeness (QED) is 0.563. The Bertz CT molecular complexity index is 908. The lowest BCUT2D eigenvalue weighted by Gasteiger charge is -2.37. The Morgan fingerprint density at radius 3 is 2.76 bits per heavy atom. The van der Waals surface area contributed by atoms with Gasteiger partial charge in [0.15, 0.2) is 0 Å². The number of carbonyl (C=O) groups is 1. The van der Waals surface area contributed by atoms with Crippen LogP contribution in [0.15, 0.2) is 35.7 Å². The average Bonchev–Trinajstić information content (AvgIpc) is 3.25. The van der Waals surface area contributed by atoms with Crippen molar-refractivity contribution >= 4 is 17.2 Å². The monoisotopic (exact) mass is 474 g/mol. The van der Waals surface area contributed by atoms with Gasteiger partial charge in [-0.3, -0.25) is 9.69 Å². The molecule has 1 aliphatic rings. The smallest absolute Gasteiger partial charge is 0.237 e. The molecule has 7 heteroatoms. The lowest BCUT2D eigenvalue weighted by Crippen LogP contribution is -2.48. The van der Waals surface area contributed by atoms with Gasteiger partial charge in [0.05, 0.1) is 30.9 Å². The van der Waals surface area contributed by atoms with E-state index in [1.165, 1.54) is 10.4 Å². The zero-order chi connectivity index (χ0) is 24.0. The molecule has 1 aromatic carbocycles. The standard InChI is InChI=1S/C26H38N2O4S/c1-6-27(15-20(29)17-32-26(3,4)5)16-25(30)28-13-11-24-21(12-14-33-24)22(28)18-31-23-10-8-7-9-19(23)2/h7-10,12,14,20,22,29H,6,11,13,15-18H2,1-5H3/t20-,22-/m1/s1. The summed E-state index contributed by atoms with van der Waals surface area (Å²) in [6.45, 7) is 12.7. The highest BCUT2D eigenvalue weighted by molar-refractivity contribution is 7.10. The van der Waals surface area contributed by atoms with Gasteiger partial charge >= 0.3 is 0 Å². The SMILES string of the molecule is CCN(CC(=O)N1CCc2sccc2[C@H]1COc1ccccc1C)C[C@@H](O)COC(C)(C)C. The normalized spacial score (nSPS) is 17.2. The summed E-state index contributed by atoms with van der Waals surface area (Å²) in [5, 5.41) is 12.5. The summed E-state index contributed by atoms with van der Waals surface area (Å²) >= 11 is 1.75. The largest absolute Gasteiger partial charge is 0.491 e. The first-order valence-corrected chi connectivity index (χ1v) is 12.6. The molecule has 1 N–H and O–H groups in total. The molecule has 182 valence electrons. The van der Waals surface area contributed by atoms with E-state index in [2.05, 4.69) is 11.4 Å². The summed E-state index contributed by atoms with van der Waals surface area (Å²) in [7, 11) is 0. The minimum Gasteiger partial charge on any atom is -0.491 e. The number of aryl methyl sites for hydroxylation is 1. The molecule has 0 fully saturated rings. The Morgan fingerprint density at radius 1 is 1.30 bits per heavy atom. The summed E-state index contributed by atoms with van der Waals surface area (Å²) in [4.78, 5) is 18.7. The number of para-hydroxylation sites is 1. The van der Waals surface area contributed by atoms with Gasteiger partial charge in [-0.25, -0.2) is 0 Å². The van der Waals surface area contributed by atoms with Crippen molar-refractivity contribution in [3.05, 3.63) is 51.7 Å². The van der Waals surface area contributed by atoms with E-state index in [-0.39, 0.29) is 30.7 Å². The molecule has 0 unspecified atom stereocenters. The first kappa shape index (κ1) is 25.7. The number of benzene rings is 1. The lowest BCUT2D eigenvalue weighted by molar-refractivity contribution is -0.136. The number of hydrogen-bond donors (Lipinski definition) is 1. The van der Waals surface area contributed by atoms with E-state index in [0.717, 1.165) is 17.7 Å². The molecule has 0 spiro atoms. The molecule has 2 atom stereocenters. The third kappa shape index (κ3) is 7.27. The number of ether oxygens (including phenoxy) is 2. The van der Waals surface area contributed by atoms with Crippen LogP contribution in [-0.4, -0.2) is 71.9 Å². The first-order valence-electron chi connectivity index (χ1n) is 11.8. The minimum atomic E-state index is -0.637. The van der Waals surface area contributed by atoms with E-state index in [1.54, 1.807) is 11.3 Å². The highest BCUT2D eigenvalue weighted by Crippen LogP contribution is 2.34. The number of hydrogen-bond acceptors (Lipinski definition) is 6. The fourth-order valence-corrected chi connectivity index (χ4v) is 4.97. The van der Waals surface area contributed by atoms with Crippen molar-refractivity contribution in [2.24, 2.45) is 0 Å². The van der Waals surface area contributed by atoms with Gasteiger partial charge in [-0.15, -0.1) is 11.3 Å². The number of rotatable bonds is 10. The van der Waals surface area contributed by atoms with Crippen LogP contribution in [0, 0.1) is 6.92 Å². The summed E-state index contributed by atoms with van der Waals surface area (Å²) in [5.41, 5.74) is 1.97. The van der Waals surface area contributed by atoms with Gasteiger partial charge in [0.25, 0.3) is 0 Å². The Morgan fingerprint density at radius 2 is 2.06 bits per heavy atom. The number of likely N-dealkylation sites (N-methyl/N-ethyl adjacent to an activating group) is 1. The maximum atomic E-state index is 13.4. The molecular formula is C26H38N2O4S. The zero-order valence-electron chi connectivity index (χ0n) is 20.5. The van der Waals surface area contributed by atoms with Gasteiger partial charge in [-0.1, -0.05) is 25.1 Å². The van der Waals surface area contributed by atoms with E-state index in [9.17, 15) is 9.90 Å². The van der Waals surface area contributed by atoms with Crippen molar-refractivity contribution in [1.82, 2.24) is 9.80 Å². The van der Waals surface area contributed by atoms with Crippen LogP contribution in [0.1, 0.15) is 49.7 Å². The molecule has 0 radical (unpaired) electrons. The van der Waals surface area contributed by atoms with Crippen molar-refractivity contribution in [3.63, 3.8) is 0 Å². The summed E-state index contributed by atoms with van der Waals surface area (Å²) < 4.78 is 11.9. The molecule has 2 heterocycles. The number of aliphatic hydroxyl groups excluding tert-OH is 1. The Labute approximate surface area is 202 Å². The zero-order valence-corrected chi connectivity index (χ0v) is 21.4. The molecule has 33 heavy (non-hydrogen) atoms. The van der Waals surface area contributed by atoms with Crippen LogP contribution < -0.4 is 4.74 Å². The van der Waals surface area contributed by atoms with Gasteiger partial charge in [0, 0.05) is 18.0 Å². The number of fused-ring (bicyclic) bond motifs is 1. The highest BCUT2D eigenvalue weighted by Gasteiger charge is 2.33. The maximum Gasteiger partial charge on any atom is 0.237 e. The van der Waals surface area contributed by atoms with Crippen LogP contribution in [0.3, 0.4) is 0 Å². The third-order valence-corrected chi connectivity index (χ3v) is 6.89. The van der Waals surface area contributed by atoms with E-state index < -0.39 is 6.10 Å². The Hall–Kier alpha value is -1.93. The van der Waals surface area contributed by atoms with E-state index in [1.807, 2.05) is 68.7 Å². The molecule has 0 bridgehead atoms. The molecule has 2 aromatic rings.